The zero-order valence-electron chi connectivity index (χ0n) is 10.6. The smallest absolute Gasteiger partial charge is 0.0256 e. The number of nitrogens with zero attached hydrogens (tertiary/aromatic N) is 1. The zero-order valence-corrected chi connectivity index (χ0v) is 10.6. The second-order valence-electron chi connectivity index (χ2n) is 5.43. The minimum Gasteiger partial charge on any atom is -0.315 e. The predicted octanol–water partition coefficient (Wildman–Crippen LogP) is 2.40. The first-order valence-corrected chi connectivity index (χ1v) is 6.85. The highest BCUT2D eigenvalue weighted by Gasteiger charge is 2.41. The van der Waals surface area contributed by atoms with Crippen molar-refractivity contribution in [2.24, 2.45) is 0 Å². The molecule has 2 bridgehead atoms. The van der Waals surface area contributed by atoms with Gasteiger partial charge in [-0.05, 0) is 38.3 Å². The lowest BCUT2D eigenvalue weighted by atomic mass is 9.96. The lowest BCUT2D eigenvalue weighted by molar-refractivity contribution is 0.104. The summed E-state index contributed by atoms with van der Waals surface area (Å²) >= 11 is 0. The van der Waals surface area contributed by atoms with Gasteiger partial charge in [0.05, 0.1) is 0 Å². The Labute approximate surface area is 104 Å². The summed E-state index contributed by atoms with van der Waals surface area (Å²) in [6.07, 6.45) is 5.50. The van der Waals surface area contributed by atoms with E-state index in [1.54, 1.807) is 0 Å². The van der Waals surface area contributed by atoms with Crippen LogP contribution >= 0.6 is 0 Å². The molecular weight excluding hydrogens is 208 g/mol. The highest BCUT2D eigenvalue weighted by molar-refractivity contribution is 5.16. The van der Waals surface area contributed by atoms with Gasteiger partial charge in [-0.25, -0.2) is 0 Å². The third-order valence-electron chi connectivity index (χ3n) is 4.54. The maximum absolute atomic E-state index is 3.51. The summed E-state index contributed by atoms with van der Waals surface area (Å²) in [7, 11) is 2.12. The maximum atomic E-state index is 3.51. The van der Waals surface area contributed by atoms with E-state index in [-0.39, 0.29) is 0 Å². The highest BCUT2D eigenvalue weighted by Crippen LogP contribution is 2.36. The Morgan fingerprint density at radius 3 is 2.65 bits per heavy atom. The predicted molar refractivity (Wildman–Crippen MR) is 70.9 cm³/mol. The SMILES string of the molecule is CNC1CCC2CCC1N2Cc1ccccc1. The van der Waals surface area contributed by atoms with Gasteiger partial charge in [-0.1, -0.05) is 30.3 Å². The maximum Gasteiger partial charge on any atom is 0.0256 e. The molecule has 2 saturated heterocycles. The summed E-state index contributed by atoms with van der Waals surface area (Å²) in [5.41, 5.74) is 1.46. The van der Waals surface area contributed by atoms with Crippen LogP contribution in [0.3, 0.4) is 0 Å². The Balaban J connectivity index is 1.75. The Hall–Kier alpha value is -0.860. The molecule has 2 aliphatic rings. The second kappa shape index (κ2) is 4.79. The van der Waals surface area contributed by atoms with Crippen molar-refractivity contribution in [1.82, 2.24) is 10.2 Å². The van der Waals surface area contributed by atoms with Gasteiger partial charge in [-0.15, -0.1) is 0 Å². The van der Waals surface area contributed by atoms with E-state index in [1.807, 2.05) is 0 Å². The highest BCUT2D eigenvalue weighted by atomic mass is 15.2. The molecule has 2 nitrogen and oxygen atoms in total. The number of likely N-dealkylation sites (N-methyl/N-ethyl adjacent to an activating group) is 1. The number of piperidine rings is 1. The van der Waals surface area contributed by atoms with Crippen LogP contribution in [0.4, 0.5) is 0 Å². The van der Waals surface area contributed by atoms with Gasteiger partial charge >= 0.3 is 0 Å². The van der Waals surface area contributed by atoms with E-state index in [0.29, 0.717) is 6.04 Å². The number of rotatable bonds is 3. The fraction of sp³-hybridized carbons (Fsp3) is 0.600. The normalized spacial score (nSPS) is 32.9. The molecule has 92 valence electrons. The van der Waals surface area contributed by atoms with Crippen molar-refractivity contribution in [3.63, 3.8) is 0 Å². The lowest BCUT2D eigenvalue weighted by Gasteiger charge is -2.40. The summed E-state index contributed by atoms with van der Waals surface area (Å²) in [6.45, 7) is 1.13. The van der Waals surface area contributed by atoms with E-state index < -0.39 is 0 Å². The van der Waals surface area contributed by atoms with Gasteiger partial charge in [-0.3, -0.25) is 4.90 Å². The molecule has 1 aromatic carbocycles. The van der Waals surface area contributed by atoms with Crippen molar-refractivity contribution in [2.75, 3.05) is 7.05 Å². The number of benzene rings is 1. The molecule has 0 aromatic heterocycles. The van der Waals surface area contributed by atoms with Crippen LogP contribution in [0.1, 0.15) is 31.2 Å². The van der Waals surface area contributed by atoms with Gasteiger partial charge in [0.1, 0.15) is 0 Å². The van der Waals surface area contributed by atoms with Crippen molar-refractivity contribution >= 4 is 0 Å². The molecular formula is C15H22N2. The van der Waals surface area contributed by atoms with Crippen molar-refractivity contribution in [1.29, 1.82) is 0 Å². The van der Waals surface area contributed by atoms with E-state index in [4.69, 9.17) is 0 Å². The van der Waals surface area contributed by atoms with Crippen molar-refractivity contribution < 1.29 is 0 Å². The van der Waals surface area contributed by atoms with Gasteiger partial charge < -0.3 is 5.32 Å². The second-order valence-corrected chi connectivity index (χ2v) is 5.43. The van der Waals surface area contributed by atoms with Crippen LogP contribution in [0.2, 0.25) is 0 Å². The molecule has 2 fully saturated rings. The monoisotopic (exact) mass is 230 g/mol. The molecule has 1 aromatic rings. The lowest BCUT2D eigenvalue weighted by Crippen LogP contribution is -2.51. The summed E-state index contributed by atoms with van der Waals surface area (Å²) in [5, 5.41) is 3.51. The van der Waals surface area contributed by atoms with Gasteiger partial charge in [0.2, 0.25) is 0 Å². The summed E-state index contributed by atoms with van der Waals surface area (Å²) in [6, 6.07) is 13.2. The topological polar surface area (TPSA) is 15.3 Å². The van der Waals surface area contributed by atoms with E-state index in [9.17, 15) is 0 Å². The van der Waals surface area contributed by atoms with Crippen LogP contribution in [0.15, 0.2) is 30.3 Å². The van der Waals surface area contributed by atoms with Crippen LogP contribution < -0.4 is 5.32 Å². The molecule has 3 unspecified atom stereocenters. The minimum atomic E-state index is 0.706. The van der Waals surface area contributed by atoms with Crippen LogP contribution in [0.5, 0.6) is 0 Å². The molecule has 3 atom stereocenters. The van der Waals surface area contributed by atoms with Gasteiger partial charge in [0.25, 0.3) is 0 Å². The fourth-order valence-electron chi connectivity index (χ4n) is 3.65. The number of hydrogen-bond donors (Lipinski definition) is 1. The van der Waals surface area contributed by atoms with Crippen LogP contribution in [0, 0.1) is 0 Å². The Kier molecular flexibility index (Phi) is 3.17. The zero-order chi connectivity index (χ0) is 11.7. The Morgan fingerprint density at radius 2 is 1.88 bits per heavy atom. The fourth-order valence-corrected chi connectivity index (χ4v) is 3.65. The molecule has 0 aliphatic carbocycles. The Bertz CT molecular complexity index is 362. The van der Waals surface area contributed by atoms with Crippen molar-refractivity contribution in [2.45, 2.75) is 50.4 Å². The Morgan fingerprint density at radius 1 is 1.12 bits per heavy atom. The van der Waals surface area contributed by atoms with Gasteiger partial charge in [0, 0.05) is 24.7 Å². The first kappa shape index (κ1) is 11.2. The number of nitrogens with one attached hydrogen (secondary N) is 1. The van der Waals surface area contributed by atoms with Crippen LogP contribution in [-0.4, -0.2) is 30.1 Å². The summed E-state index contributed by atoms with van der Waals surface area (Å²) in [4.78, 5) is 2.74. The summed E-state index contributed by atoms with van der Waals surface area (Å²) < 4.78 is 0. The van der Waals surface area contributed by atoms with Crippen molar-refractivity contribution in [3.05, 3.63) is 35.9 Å². The third-order valence-corrected chi connectivity index (χ3v) is 4.54. The molecule has 2 heteroatoms. The molecule has 0 spiro atoms. The molecule has 2 aliphatic heterocycles. The van der Waals surface area contributed by atoms with E-state index in [1.165, 1.54) is 31.2 Å². The van der Waals surface area contributed by atoms with E-state index in [2.05, 4.69) is 47.6 Å². The average Bonchev–Trinajstić information content (AvgIpc) is 2.64. The third kappa shape index (κ3) is 2.12. The largest absolute Gasteiger partial charge is 0.315 e. The van der Waals surface area contributed by atoms with Crippen molar-refractivity contribution in [3.8, 4) is 0 Å². The van der Waals surface area contributed by atoms with Crippen LogP contribution in [0.25, 0.3) is 0 Å². The molecule has 3 rings (SSSR count). The molecule has 2 heterocycles. The molecule has 1 N–H and O–H groups in total. The minimum absolute atomic E-state index is 0.706. The molecule has 17 heavy (non-hydrogen) atoms. The molecule has 0 radical (unpaired) electrons. The summed E-state index contributed by atoms with van der Waals surface area (Å²) in [5.74, 6) is 0. The van der Waals surface area contributed by atoms with E-state index >= 15 is 0 Å². The van der Waals surface area contributed by atoms with Crippen LogP contribution in [-0.2, 0) is 6.54 Å². The van der Waals surface area contributed by atoms with E-state index in [0.717, 1.165) is 18.6 Å². The quantitative estimate of drug-likeness (QED) is 0.858. The van der Waals surface area contributed by atoms with Gasteiger partial charge in [0.15, 0.2) is 0 Å². The van der Waals surface area contributed by atoms with Gasteiger partial charge in [-0.2, -0.15) is 0 Å². The first-order valence-electron chi connectivity index (χ1n) is 6.85. The standard InChI is InChI=1S/C15H22N2/c1-16-14-9-7-13-8-10-15(14)17(13)11-12-5-3-2-4-6-12/h2-6,13-16H,7-11H2,1H3. The molecule has 0 amide bonds. The number of hydrogen-bond acceptors (Lipinski definition) is 2. The molecule has 0 saturated carbocycles. The first-order chi connectivity index (χ1) is 8.38. The average molecular weight is 230 g/mol. The number of fused-ring (bicyclic) bond motifs is 2.